The van der Waals surface area contributed by atoms with Crippen molar-refractivity contribution in [2.24, 2.45) is 0 Å². The molecule has 1 aliphatic rings. The minimum Gasteiger partial charge on any atom is -0.264 e. The van der Waals surface area contributed by atoms with Gasteiger partial charge in [-0.2, -0.15) is 0 Å². The predicted octanol–water partition coefficient (Wildman–Crippen LogP) is 3.13. The maximum absolute atomic E-state index is 12.9. The molecular weight excluding hydrogens is 322 g/mol. The second kappa shape index (κ2) is 5.65. The maximum atomic E-state index is 12.9. The lowest BCUT2D eigenvalue weighted by molar-refractivity contribution is -0.0876. The third-order valence-electron chi connectivity index (χ3n) is 3.89. The van der Waals surface area contributed by atoms with E-state index in [1.165, 1.54) is 6.07 Å². The Kier molecular flexibility index (Phi) is 3.93. The number of alkyl halides is 2. The third-order valence-corrected chi connectivity index (χ3v) is 5.45. The first kappa shape index (κ1) is 16.0. The number of benzene rings is 1. The highest BCUT2D eigenvalue weighted by atomic mass is 32.2. The molecule has 23 heavy (non-hydrogen) atoms. The molecule has 4 nitrogen and oxygen atoms in total. The zero-order valence-corrected chi connectivity index (χ0v) is 13.3. The number of hydrogen-bond acceptors (Lipinski definition) is 3. The van der Waals surface area contributed by atoms with E-state index in [0.717, 1.165) is 5.56 Å². The Morgan fingerprint density at radius 1 is 1.22 bits per heavy atom. The summed E-state index contributed by atoms with van der Waals surface area (Å²) in [6.07, 6.45) is 2.27. The van der Waals surface area contributed by atoms with Crippen LogP contribution in [0.1, 0.15) is 18.4 Å². The van der Waals surface area contributed by atoms with Crippen molar-refractivity contribution in [1.82, 2.24) is 9.71 Å². The van der Waals surface area contributed by atoms with Crippen LogP contribution in [0.25, 0.3) is 11.1 Å². The quantitative estimate of drug-likeness (QED) is 0.932. The lowest BCUT2D eigenvalue weighted by Crippen LogP contribution is -2.50. The average Bonchev–Trinajstić information content (AvgIpc) is 2.45. The van der Waals surface area contributed by atoms with Crippen LogP contribution in [0.4, 0.5) is 8.78 Å². The molecule has 0 amide bonds. The van der Waals surface area contributed by atoms with E-state index >= 15 is 0 Å². The molecule has 2 aromatic rings. The molecule has 0 bridgehead atoms. The Morgan fingerprint density at radius 2 is 1.96 bits per heavy atom. The minimum absolute atomic E-state index is 0.0840. The van der Waals surface area contributed by atoms with E-state index in [9.17, 15) is 17.2 Å². The molecule has 3 rings (SSSR count). The summed E-state index contributed by atoms with van der Waals surface area (Å²) < 4.78 is 53.5. The molecule has 1 heterocycles. The van der Waals surface area contributed by atoms with Gasteiger partial charge in [0.25, 0.3) is 5.92 Å². The van der Waals surface area contributed by atoms with Crippen LogP contribution in [0.3, 0.4) is 0 Å². The topological polar surface area (TPSA) is 59.1 Å². The van der Waals surface area contributed by atoms with Gasteiger partial charge in [-0.1, -0.05) is 18.2 Å². The van der Waals surface area contributed by atoms with Crippen LogP contribution in [0.15, 0.2) is 47.6 Å². The fourth-order valence-electron chi connectivity index (χ4n) is 2.77. The number of pyridine rings is 1. The molecular formula is C16H16F2N2O2S. The van der Waals surface area contributed by atoms with E-state index in [2.05, 4.69) is 9.71 Å². The summed E-state index contributed by atoms with van der Waals surface area (Å²) >= 11 is 0. The van der Waals surface area contributed by atoms with Gasteiger partial charge in [-0.3, -0.25) is 4.98 Å². The van der Waals surface area contributed by atoms with E-state index in [-0.39, 0.29) is 4.90 Å². The van der Waals surface area contributed by atoms with Crippen LogP contribution >= 0.6 is 0 Å². The van der Waals surface area contributed by atoms with Crippen molar-refractivity contribution in [2.75, 3.05) is 0 Å². The first-order valence-corrected chi connectivity index (χ1v) is 8.67. The van der Waals surface area contributed by atoms with Gasteiger partial charge in [-0.15, -0.1) is 0 Å². The second-order valence-electron chi connectivity index (χ2n) is 5.77. The molecule has 0 saturated heterocycles. The summed E-state index contributed by atoms with van der Waals surface area (Å²) in [5, 5.41) is 0. The Morgan fingerprint density at radius 3 is 2.57 bits per heavy atom. The van der Waals surface area contributed by atoms with Crippen LogP contribution in [0.5, 0.6) is 0 Å². The van der Waals surface area contributed by atoms with Gasteiger partial charge in [-0.05, 0) is 24.6 Å². The molecule has 0 radical (unpaired) electrons. The van der Waals surface area contributed by atoms with Crippen molar-refractivity contribution in [2.45, 2.75) is 36.6 Å². The fourth-order valence-corrected chi connectivity index (χ4v) is 4.31. The molecule has 1 N–H and O–H groups in total. The highest BCUT2D eigenvalue weighted by Gasteiger charge is 2.47. The van der Waals surface area contributed by atoms with E-state index in [1.54, 1.807) is 43.6 Å². The number of rotatable bonds is 4. The number of hydrogen-bond donors (Lipinski definition) is 1. The van der Waals surface area contributed by atoms with Gasteiger partial charge in [-0.25, -0.2) is 21.9 Å². The standard InChI is InChI=1S/C16H16F2N2O2S/c1-11-4-2-6-14(15(11)12-5-3-7-19-10-12)23(21,22)20-13-8-16(17,18)9-13/h2-7,10,13,20H,8-9H2,1H3. The van der Waals surface area contributed by atoms with Crippen LogP contribution in [-0.4, -0.2) is 25.4 Å². The van der Waals surface area contributed by atoms with Crippen molar-refractivity contribution < 1.29 is 17.2 Å². The summed E-state index contributed by atoms with van der Waals surface area (Å²) in [6, 6.07) is 7.69. The molecule has 0 spiro atoms. The Bertz CT molecular complexity index is 815. The second-order valence-corrected chi connectivity index (χ2v) is 7.45. The molecule has 1 fully saturated rings. The zero-order valence-electron chi connectivity index (χ0n) is 12.5. The van der Waals surface area contributed by atoms with Gasteiger partial charge in [0, 0.05) is 42.4 Å². The molecule has 1 aliphatic carbocycles. The number of halogens is 2. The van der Waals surface area contributed by atoms with Crippen molar-refractivity contribution in [1.29, 1.82) is 0 Å². The van der Waals surface area contributed by atoms with E-state index < -0.39 is 34.8 Å². The lowest BCUT2D eigenvalue weighted by Gasteiger charge is -2.35. The SMILES string of the molecule is Cc1cccc(S(=O)(=O)NC2CC(F)(F)C2)c1-c1cccnc1. The van der Waals surface area contributed by atoms with Crippen LogP contribution in [0.2, 0.25) is 0 Å². The van der Waals surface area contributed by atoms with Crippen LogP contribution < -0.4 is 4.72 Å². The average molecular weight is 338 g/mol. The summed E-state index contributed by atoms with van der Waals surface area (Å²) in [5.74, 6) is -2.77. The van der Waals surface area contributed by atoms with Crippen LogP contribution in [0, 0.1) is 6.92 Å². The zero-order chi connectivity index (χ0) is 16.7. The lowest BCUT2D eigenvalue weighted by atomic mass is 9.89. The molecule has 1 aromatic heterocycles. The van der Waals surface area contributed by atoms with Gasteiger partial charge in [0.1, 0.15) is 0 Å². The normalized spacial score (nSPS) is 17.7. The van der Waals surface area contributed by atoms with Gasteiger partial charge >= 0.3 is 0 Å². The molecule has 7 heteroatoms. The number of nitrogens with zero attached hydrogens (tertiary/aromatic N) is 1. The summed E-state index contributed by atoms with van der Waals surface area (Å²) in [7, 11) is -3.88. The molecule has 0 atom stereocenters. The largest absolute Gasteiger partial charge is 0.264 e. The molecule has 0 aliphatic heterocycles. The highest BCUT2D eigenvalue weighted by Crippen LogP contribution is 2.38. The maximum Gasteiger partial charge on any atom is 0.251 e. The monoisotopic (exact) mass is 338 g/mol. The first-order valence-electron chi connectivity index (χ1n) is 7.19. The summed E-state index contributed by atoms with van der Waals surface area (Å²) in [6.45, 7) is 1.80. The van der Waals surface area contributed by atoms with Crippen molar-refractivity contribution >= 4 is 10.0 Å². The number of aromatic nitrogens is 1. The number of nitrogens with one attached hydrogen (secondary N) is 1. The molecule has 122 valence electrons. The van der Waals surface area contributed by atoms with Gasteiger partial charge in [0.2, 0.25) is 10.0 Å². The Labute approximate surface area is 133 Å². The molecule has 1 aromatic carbocycles. The summed E-state index contributed by atoms with van der Waals surface area (Å²) in [5.41, 5.74) is 1.99. The van der Waals surface area contributed by atoms with E-state index in [4.69, 9.17) is 0 Å². The van der Waals surface area contributed by atoms with Gasteiger partial charge in [0.15, 0.2) is 0 Å². The highest BCUT2D eigenvalue weighted by molar-refractivity contribution is 7.89. The van der Waals surface area contributed by atoms with Crippen molar-refractivity contribution in [3.63, 3.8) is 0 Å². The fraction of sp³-hybridized carbons (Fsp3) is 0.312. The first-order chi connectivity index (χ1) is 10.8. The molecule has 0 unspecified atom stereocenters. The van der Waals surface area contributed by atoms with Gasteiger partial charge in [0.05, 0.1) is 4.90 Å². The number of sulfonamides is 1. The third kappa shape index (κ3) is 3.25. The molecule has 1 saturated carbocycles. The van der Waals surface area contributed by atoms with Gasteiger partial charge < -0.3 is 0 Å². The minimum atomic E-state index is -3.88. The smallest absolute Gasteiger partial charge is 0.251 e. The van der Waals surface area contributed by atoms with E-state index in [1.807, 2.05) is 0 Å². The van der Waals surface area contributed by atoms with E-state index in [0.29, 0.717) is 11.1 Å². The summed E-state index contributed by atoms with van der Waals surface area (Å²) in [4.78, 5) is 4.10. The Balaban J connectivity index is 1.98. The predicted molar refractivity (Wildman–Crippen MR) is 82.7 cm³/mol. The van der Waals surface area contributed by atoms with Crippen LogP contribution in [-0.2, 0) is 10.0 Å². The van der Waals surface area contributed by atoms with Crippen molar-refractivity contribution in [3.05, 3.63) is 48.3 Å². The Hall–Kier alpha value is -1.86. The van der Waals surface area contributed by atoms with Crippen molar-refractivity contribution in [3.8, 4) is 11.1 Å². The number of aryl methyl sites for hydroxylation is 1.